The van der Waals surface area contributed by atoms with Crippen LogP contribution in [0.25, 0.3) is 0 Å². The van der Waals surface area contributed by atoms with Crippen LogP contribution in [0.3, 0.4) is 0 Å². The van der Waals surface area contributed by atoms with Gasteiger partial charge in [-0.05, 0) is 24.4 Å². The molecule has 0 bridgehead atoms. The normalized spacial score (nSPS) is 14.4. The van der Waals surface area contributed by atoms with Gasteiger partial charge in [0.15, 0.2) is 5.11 Å². The molecule has 0 aromatic heterocycles. The molecule has 2 rings (SSSR count). The van der Waals surface area contributed by atoms with Crippen molar-refractivity contribution in [1.29, 1.82) is 0 Å². The summed E-state index contributed by atoms with van der Waals surface area (Å²) < 4.78 is 10.8. The van der Waals surface area contributed by atoms with E-state index in [2.05, 4.69) is 15.5 Å². The first kappa shape index (κ1) is 16.5. The lowest BCUT2D eigenvalue weighted by Gasteiger charge is -2.30. The maximum absolute atomic E-state index is 11.3. The van der Waals surface area contributed by atoms with Crippen molar-refractivity contribution < 1.29 is 14.3 Å². The minimum absolute atomic E-state index is 0.116. The molecule has 0 unspecified atom stereocenters. The van der Waals surface area contributed by atoms with Gasteiger partial charge in [0, 0.05) is 31.3 Å². The summed E-state index contributed by atoms with van der Waals surface area (Å²) in [6.07, 6.45) is 0.390. The van der Waals surface area contributed by atoms with Crippen molar-refractivity contribution in [3.63, 3.8) is 0 Å². The number of nitrogens with zero attached hydrogens (tertiary/aromatic N) is 1. The van der Waals surface area contributed by atoms with E-state index in [0.29, 0.717) is 6.42 Å². The van der Waals surface area contributed by atoms with E-state index in [1.165, 1.54) is 0 Å². The maximum atomic E-state index is 11.3. The molecule has 1 fully saturated rings. The summed E-state index contributed by atoms with van der Waals surface area (Å²) in [4.78, 5) is 13.5. The fourth-order valence-electron chi connectivity index (χ4n) is 2.20. The summed E-state index contributed by atoms with van der Waals surface area (Å²) in [6.45, 7) is 4.90. The molecule has 1 saturated heterocycles. The van der Waals surface area contributed by atoms with E-state index in [0.717, 1.165) is 43.4 Å². The summed E-state index contributed by atoms with van der Waals surface area (Å²) >= 11 is 5.11. The van der Waals surface area contributed by atoms with E-state index in [-0.39, 0.29) is 11.0 Å². The van der Waals surface area contributed by atoms with Gasteiger partial charge in [-0.1, -0.05) is 6.92 Å². The van der Waals surface area contributed by atoms with Crippen LogP contribution in [0.5, 0.6) is 5.75 Å². The predicted molar refractivity (Wildman–Crippen MR) is 90.7 cm³/mol. The van der Waals surface area contributed by atoms with Crippen molar-refractivity contribution in [2.45, 2.75) is 13.3 Å². The molecule has 2 N–H and O–H groups in total. The number of methoxy groups -OCH3 is 1. The Labute approximate surface area is 135 Å². The third kappa shape index (κ3) is 4.32. The molecule has 7 heteroatoms. The number of anilines is 2. The summed E-state index contributed by atoms with van der Waals surface area (Å²) in [5, 5.41) is 5.88. The molecule has 1 amide bonds. The predicted octanol–water partition coefficient (Wildman–Crippen LogP) is 1.75. The molecule has 0 aliphatic carbocycles. The third-order valence-corrected chi connectivity index (χ3v) is 3.57. The SMILES string of the molecule is CCC(=O)NC(=S)Nc1ccc(N2CCOCC2)c(OC)c1. The van der Waals surface area contributed by atoms with Gasteiger partial charge in [0.25, 0.3) is 0 Å². The van der Waals surface area contributed by atoms with E-state index in [9.17, 15) is 4.79 Å². The lowest BCUT2D eigenvalue weighted by molar-refractivity contribution is -0.119. The Kier molecular flexibility index (Phi) is 5.97. The molecule has 1 heterocycles. The number of ether oxygens (including phenoxy) is 2. The minimum Gasteiger partial charge on any atom is -0.495 e. The number of carbonyl (C=O) groups excluding carboxylic acids is 1. The number of hydrogen-bond donors (Lipinski definition) is 2. The Bertz CT molecular complexity index is 545. The molecule has 0 spiro atoms. The Balaban J connectivity index is 2.08. The van der Waals surface area contributed by atoms with E-state index in [1.807, 2.05) is 18.2 Å². The van der Waals surface area contributed by atoms with Gasteiger partial charge in [-0.2, -0.15) is 0 Å². The number of thiocarbonyl (C=S) groups is 1. The molecule has 22 heavy (non-hydrogen) atoms. The first-order valence-corrected chi connectivity index (χ1v) is 7.66. The molecule has 0 radical (unpaired) electrons. The van der Waals surface area contributed by atoms with Crippen LogP contribution in [0.1, 0.15) is 13.3 Å². The Morgan fingerprint density at radius 2 is 2.14 bits per heavy atom. The van der Waals surface area contributed by atoms with E-state index in [4.69, 9.17) is 21.7 Å². The highest BCUT2D eigenvalue weighted by Gasteiger charge is 2.16. The Morgan fingerprint density at radius 3 is 2.77 bits per heavy atom. The number of benzene rings is 1. The monoisotopic (exact) mass is 323 g/mol. The highest BCUT2D eigenvalue weighted by atomic mass is 32.1. The molecule has 0 saturated carbocycles. The van der Waals surface area contributed by atoms with Gasteiger partial charge in [0.1, 0.15) is 5.75 Å². The van der Waals surface area contributed by atoms with Crippen molar-refractivity contribution in [1.82, 2.24) is 5.32 Å². The Morgan fingerprint density at radius 1 is 1.41 bits per heavy atom. The number of rotatable bonds is 4. The lowest BCUT2D eigenvalue weighted by Crippen LogP contribution is -2.36. The molecule has 0 atom stereocenters. The number of amides is 1. The Hall–Kier alpha value is -1.86. The molecular formula is C15H21N3O3S. The van der Waals surface area contributed by atoms with Crippen molar-refractivity contribution >= 4 is 34.6 Å². The average molecular weight is 323 g/mol. The van der Waals surface area contributed by atoms with Gasteiger partial charge in [0.2, 0.25) is 5.91 Å². The topological polar surface area (TPSA) is 62.8 Å². The van der Waals surface area contributed by atoms with Crippen LogP contribution in [0.15, 0.2) is 18.2 Å². The van der Waals surface area contributed by atoms with Crippen molar-refractivity contribution in [3.05, 3.63) is 18.2 Å². The fourth-order valence-corrected chi connectivity index (χ4v) is 2.43. The first-order chi connectivity index (χ1) is 10.6. The molecule has 120 valence electrons. The van der Waals surface area contributed by atoms with E-state index in [1.54, 1.807) is 14.0 Å². The zero-order valence-electron chi connectivity index (χ0n) is 12.8. The van der Waals surface area contributed by atoms with Gasteiger partial charge in [-0.25, -0.2) is 0 Å². The first-order valence-electron chi connectivity index (χ1n) is 7.25. The van der Waals surface area contributed by atoms with Gasteiger partial charge < -0.3 is 25.0 Å². The molecule has 6 nitrogen and oxygen atoms in total. The van der Waals surface area contributed by atoms with Crippen LogP contribution in [-0.4, -0.2) is 44.4 Å². The van der Waals surface area contributed by atoms with E-state index >= 15 is 0 Å². The second kappa shape index (κ2) is 7.95. The average Bonchev–Trinajstić information content (AvgIpc) is 2.55. The standard InChI is InChI=1S/C15H21N3O3S/c1-3-14(19)17-15(22)16-11-4-5-12(13(10-11)20-2)18-6-8-21-9-7-18/h4-5,10H,3,6-9H2,1-2H3,(H2,16,17,19,22). The summed E-state index contributed by atoms with van der Waals surface area (Å²) in [5.41, 5.74) is 1.80. The second-order valence-corrected chi connectivity index (χ2v) is 5.25. The van der Waals surface area contributed by atoms with Crippen LogP contribution in [0.4, 0.5) is 11.4 Å². The van der Waals surface area contributed by atoms with Crippen LogP contribution < -0.4 is 20.3 Å². The lowest BCUT2D eigenvalue weighted by atomic mass is 10.2. The van der Waals surface area contributed by atoms with E-state index < -0.39 is 0 Å². The third-order valence-electron chi connectivity index (χ3n) is 3.36. The molecule has 1 aromatic carbocycles. The highest BCUT2D eigenvalue weighted by Crippen LogP contribution is 2.31. The van der Waals surface area contributed by atoms with Crippen molar-refractivity contribution in [3.8, 4) is 5.75 Å². The van der Waals surface area contributed by atoms with Gasteiger partial charge in [-0.3, -0.25) is 4.79 Å². The van der Waals surface area contributed by atoms with Crippen LogP contribution in [0.2, 0.25) is 0 Å². The number of morpholine rings is 1. The summed E-state index contributed by atoms with van der Waals surface area (Å²) in [5.74, 6) is 0.644. The van der Waals surface area contributed by atoms with Crippen molar-refractivity contribution in [2.24, 2.45) is 0 Å². The second-order valence-electron chi connectivity index (χ2n) is 4.84. The summed E-state index contributed by atoms with van der Waals surface area (Å²) in [6, 6.07) is 5.77. The molecule has 1 aliphatic heterocycles. The highest BCUT2D eigenvalue weighted by molar-refractivity contribution is 7.80. The minimum atomic E-state index is -0.116. The van der Waals surface area contributed by atoms with Crippen LogP contribution in [-0.2, 0) is 9.53 Å². The van der Waals surface area contributed by atoms with Gasteiger partial charge >= 0.3 is 0 Å². The summed E-state index contributed by atoms with van der Waals surface area (Å²) in [7, 11) is 1.64. The quantitative estimate of drug-likeness (QED) is 0.823. The fraction of sp³-hybridized carbons (Fsp3) is 0.467. The number of nitrogens with one attached hydrogen (secondary N) is 2. The zero-order valence-corrected chi connectivity index (χ0v) is 13.7. The zero-order chi connectivity index (χ0) is 15.9. The van der Waals surface area contributed by atoms with Gasteiger partial charge in [0.05, 0.1) is 26.0 Å². The molecule has 1 aromatic rings. The van der Waals surface area contributed by atoms with Crippen molar-refractivity contribution in [2.75, 3.05) is 43.6 Å². The molecule has 1 aliphatic rings. The number of carbonyl (C=O) groups is 1. The molecular weight excluding hydrogens is 302 g/mol. The maximum Gasteiger partial charge on any atom is 0.225 e. The van der Waals surface area contributed by atoms with Crippen LogP contribution >= 0.6 is 12.2 Å². The van der Waals surface area contributed by atoms with Gasteiger partial charge in [-0.15, -0.1) is 0 Å². The van der Waals surface area contributed by atoms with Crippen LogP contribution in [0, 0.1) is 0 Å². The number of hydrogen-bond acceptors (Lipinski definition) is 5. The largest absolute Gasteiger partial charge is 0.495 e. The smallest absolute Gasteiger partial charge is 0.225 e.